The number of benzene rings is 1. The molecule has 138 valence electrons. The standard InChI is InChI=1S/C16H23N3O5S/c1-23-15-5-4-11(25(17,21)22)8-12(15)16(20)18-13-9-24-10-14(13)19-6-2-3-7-19/h4-5,8,13-14H,2-3,6-7,9-10H2,1H3,(H,18,20)(H2,17,21,22)/t13-,14-/m1/s1. The van der Waals surface area contributed by atoms with Gasteiger partial charge >= 0.3 is 0 Å². The van der Waals surface area contributed by atoms with Crippen molar-refractivity contribution >= 4 is 15.9 Å². The van der Waals surface area contributed by atoms with Gasteiger partial charge in [0, 0.05) is 0 Å². The third-order valence-corrected chi connectivity index (χ3v) is 5.63. The topological polar surface area (TPSA) is 111 Å². The van der Waals surface area contributed by atoms with Gasteiger partial charge in [-0.15, -0.1) is 0 Å². The van der Waals surface area contributed by atoms with Gasteiger partial charge in [-0.2, -0.15) is 0 Å². The van der Waals surface area contributed by atoms with E-state index < -0.39 is 15.9 Å². The summed E-state index contributed by atoms with van der Waals surface area (Å²) < 4.78 is 33.8. The summed E-state index contributed by atoms with van der Waals surface area (Å²) in [6.45, 7) is 3.03. The minimum Gasteiger partial charge on any atom is -0.496 e. The van der Waals surface area contributed by atoms with Crippen LogP contribution >= 0.6 is 0 Å². The molecule has 1 amide bonds. The van der Waals surface area contributed by atoms with E-state index in [1.54, 1.807) is 0 Å². The molecule has 3 rings (SSSR count). The summed E-state index contributed by atoms with van der Waals surface area (Å²) in [6.07, 6.45) is 2.31. The van der Waals surface area contributed by atoms with Crippen LogP contribution in [0.25, 0.3) is 0 Å². The lowest BCUT2D eigenvalue weighted by Crippen LogP contribution is -2.50. The van der Waals surface area contributed by atoms with Gasteiger partial charge < -0.3 is 14.8 Å². The number of amides is 1. The van der Waals surface area contributed by atoms with E-state index in [9.17, 15) is 13.2 Å². The van der Waals surface area contributed by atoms with Gasteiger partial charge in [0.1, 0.15) is 5.75 Å². The number of carbonyl (C=O) groups excluding carboxylic acids is 1. The second-order valence-corrected chi connectivity index (χ2v) is 7.90. The SMILES string of the molecule is COc1ccc(S(N)(=O)=O)cc1C(=O)N[C@@H]1COC[C@H]1N1CCCC1. The van der Waals surface area contributed by atoms with E-state index in [2.05, 4.69) is 10.2 Å². The number of hydrogen-bond acceptors (Lipinski definition) is 6. The predicted molar refractivity (Wildman–Crippen MR) is 91.0 cm³/mol. The van der Waals surface area contributed by atoms with Gasteiger partial charge in [-0.05, 0) is 44.1 Å². The molecule has 2 saturated heterocycles. The van der Waals surface area contributed by atoms with Crippen LogP contribution in [0.1, 0.15) is 23.2 Å². The number of hydrogen-bond donors (Lipinski definition) is 2. The Balaban J connectivity index is 1.80. The fourth-order valence-corrected chi connectivity index (χ4v) is 3.94. The second kappa shape index (κ2) is 7.28. The van der Waals surface area contributed by atoms with Crippen LogP contribution in [-0.2, 0) is 14.8 Å². The smallest absolute Gasteiger partial charge is 0.255 e. The van der Waals surface area contributed by atoms with Crippen LogP contribution in [0, 0.1) is 0 Å². The summed E-state index contributed by atoms with van der Waals surface area (Å²) in [7, 11) is -2.48. The van der Waals surface area contributed by atoms with E-state index in [0.29, 0.717) is 19.0 Å². The van der Waals surface area contributed by atoms with Crippen molar-refractivity contribution in [2.45, 2.75) is 29.8 Å². The Bertz CT molecular complexity index is 746. The van der Waals surface area contributed by atoms with Crippen molar-refractivity contribution in [3.63, 3.8) is 0 Å². The van der Waals surface area contributed by atoms with Gasteiger partial charge in [-0.1, -0.05) is 0 Å². The molecule has 8 nitrogen and oxygen atoms in total. The third-order valence-electron chi connectivity index (χ3n) is 4.72. The maximum Gasteiger partial charge on any atom is 0.255 e. The Morgan fingerprint density at radius 3 is 2.68 bits per heavy atom. The summed E-state index contributed by atoms with van der Waals surface area (Å²) in [5, 5.41) is 8.11. The number of nitrogens with one attached hydrogen (secondary N) is 1. The van der Waals surface area contributed by atoms with E-state index in [0.717, 1.165) is 25.9 Å². The number of likely N-dealkylation sites (tertiary alicyclic amines) is 1. The normalized spacial score (nSPS) is 24.4. The lowest BCUT2D eigenvalue weighted by atomic mass is 10.1. The molecule has 2 fully saturated rings. The maximum absolute atomic E-state index is 12.7. The van der Waals surface area contributed by atoms with Crippen LogP contribution in [-0.4, -0.2) is 64.7 Å². The highest BCUT2D eigenvalue weighted by Crippen LogP contribution is 2.24. The van der Waals surface area contributed by atoms with Crippen molar-refractivity contribution in [3.8, 4) is 5.75 Å². The zero-order chi connectivity index (χ0) is 18.0. The lowest BCUT2D eigenvalue weighted by Gasteiger charge is -2.28. The van der Waals surface area contributed by atoms with E-state index in [-0.39, 0.29) is 22.5 Å². The molecule has 0 spiro atoms. The average Bonchev–Trinajstić information content (AvgIpc) is 3.24. The van der Waals surface area contributed by atoms with Crippen molar-refractivity contribution in [2.75, 3.05) is 33.4 Å². The number of carbonyl (C=O) groups is 1. The lowest BCUT2D eigenvalue weighted by molar-refractivity contribution is 0.0913. The molecule has 2 aliphatic heterocycles. The first-order chi connectivity index (χ1) is 11.9. The third kappa shape index (κ3) is 3.95. The maximum atomic E-state index is 12.7. The minimum absolute atomic E-state index is 0.128. The minimum atomic E-state index is -3.90. The number of nitrogens with zero attached hydrogens (tertiary/aromatic N) is 1. The Hall–Kier alpha value is -1.68. The summed E-state index contributed by atoms with van der Waals surface area (Å²) in [5.41, 5.74) is 0.140. The highest BCUT2D eigenvalue weighted by atomic mass is 32.2. The van der Waals surface area contributed by atoms with Crippen LogP contribution in [0.15, 0.2) is 23.1 Å². The first-order valence-electron chi connectivity index (χ1n) is 8.23. The highest BCUT2D eigenvalue weighted by Gasteiger charge is 2.35. The number of ether oxygens (including phenoxy) is 2. The molecule has 0 saturated carbocycles. The molecule has 0 radical (unpaired) electrons. The zero-order valence-electron chi connectivity index (χ0n) is 14.1. The Labute approximate surface area is 147 Å². The van der Waals surface area contributed by atoms with Gasteiger partial charge in [0.2, 0.25) is 10.0 Å². The van der Waals surface area contributed by atoms with E-state index in [1.165, 1.54) is 25.3 Å². The van der Waals surface area contributed by atoms with Crippen molar-refractivity contribution in [3.05, 3.63) is 23.8 Å². The van der Waals surface area contributed by atoms with E-state index in [1.807, 2.05) is 0 Å². The molecule has 2 heterocycles. The Kier molecular flexibility index (Phi) is 5.28. The van der Waals surface area contributed by atoms with Crippen molar-refractivity contribution in [1.82, 2.24) is 10.2 Å². The fraction of sp³-hybridized carbons (Fsp3) is 0.562. The van der Waals surface area contributed by atoms with E-state index >= 15 is 0 Å². The molecule has 3 N–H and O–H groups in total. The quantitative estimate of drug-likeness (QED) is 0.752. The van der Waals surface area contributed by atoms with Crippen molar-refractivity contribution in [2.24, 2.45) is 5.14 Å². The molecule has 0 unspecified atom stereocenters. The summed E-state index contributed by atoms with van der Waals surface area (Å²) in [6, 6.07) is 3.98. The zero-order valence-corrected chi connectivity index (χ0v) is 14.9. The molecule has 0 aliphatic carbocycles. The van der Waals surface area contributed by atoms with Crippen molar-refractivity contribution in [1.29, 1.82) is 0 Å². The fourth-order valence-electron chi connectivity index (χ4n) is 3.40. The highest BCUT2D eigenvalue weighted by molar-refractivity contribution is 7.89. The van der Waals surface area contributed by atoms with Crippen LogP contribution in [0.2, 0.25) is 0 Å². The molecule has 1 aromatic carbocycles. The largest absolute Gasteiger partial charge is 0.496 e. The van der Waals surface area contributed by atoms with Gasteiger partial charge in [0.25, 0.3) is 5.91 Å². The molecule has 2 atom stereocenters. The van der Waals surface area contributed by atoms with Crippen LogP contribution in [0.4, 0.5) is 0 Å². The Morgan fingerprint density at radius 1 is 1.32 bits per heavy atom. The monoisotopic (exact) mass is 369 g/mol. The summed E-state index contributed by atoms with van der Waals surface area (Å²) in [4.78, 5) is 14.9. The molecular formula is C16H23N3O5S. The van der Waals surface area contributed by atoms with Gasteiger partial charge in [0.05, 0.1) is 42.9 Å². The average molecular weight is 369 g/mol. The first kappa shape index (κ1) is 18.1. The Morgan fingerprint density at radius 2 is 2.04 bits per heavy atom. The first-order valence-corrected chi connectivity index (χ1v) is 9.78. The summed E-state index contributed by atoms with van der Waals surface area (Å²) in [5.74, 6) is -0.108. The van der Waals surface area contributed by atoms with Crippen LogP contribution in [0.3, 0.4) is 0 Å². The molecule has 0 bridgehead atoms. The number of sulfonamides is 1. The van der Waals surface area contributed by atoms with E-state index in [4.69, 9.17) is 14.6 Å². The summed E-state index contributed by atoms with van der Waals surface area (Å²) >= 11 is 0. The number of nitrogens with two attached hydrogens (primary N) is 1. The van der Waals surface area contributed by atoms with Crippen LogP contribution in [0.5, 0.6) is 5.75 Å². The van der Waals surface area contributed by atoms with Gasteiger partial charge in [0.15, 0.2) is 0 Å². The molecule has 0 aromatic heterocycles. The van der Waals surface area contributed by atoms with Crippen LogP contribution < -0.4 is 15.2 Å². The number of rotatable bonds is 5. The van der Waals surface area contributed by atoms with Gasteiger partial charge in [-0.25, -0.2) is 13.6 Å². The van der Waals surface area contributed by atoms with Gasteiger partial charge in [-0.3, -0.25) is 9.69 Å². The molecule has 2 aliphatic rings. The molecule has 9 heteroatoms. The number of methoxy groups -OCH3 is 1. The van der Waals surface area contributed by atoms with Crippen molar-refractivity contribution < 1.29 is 22.7 Å². The second-order valence-electron chi connectivity index (χ2n) is 6.33. The molecule has 25 heavy (non-hydrogen) atoms. The number of primary sulfonamides is 1. The molecule has 1 aromatic rings. The molecular weight excluding hydrogens is 346 g/mol. The predicted octanol–water partition coefficient (Wildman–Crippen LogP) is -0.0644.